The number of halogens is 2. The van der Waals surface area contributed by atoms with Crippen LogP contribution in [0.2, 0.25) is 0 Å². The second-order valence-corrected chi connectivity index (χ2v) is 8.98. The molecule has 0 bridgehead atoms. The molecule has 0 unspecified atom stereocenters. The van der Waals surface area contributed by atoms with Gasteiger partial charge in [0.05, 0.1) is 16.6 Å². The molecule has 0 saturated heterocycles. The lowest BCUT2D eigenvalue weighted by molar-refractivity contribution is -0.120. The van der Waals surface area contributed by atoms with Gasteiger partial charge in [0.1, 0.15) is 18.2 Å². The summed E-state index contributed by atoms with van der Waals surface area (Å²) in [6.07, 6.45) is 0. The first-order valence-electron chi connectivity index (χ1n) is 9.57. The maximum Gasteiger partial charge on any atom is 0.264 e. The molecule has 1 amide bonds. The van der Waals surface area contributed by atoms with Crippen molar-refractivity contribution in [3.8, 4) is 0 Å². The minimum absolute atomic E-state index is 0.0549. The first-order chi connectivity index (χ1) is 14.7. The van der Waals surface area contributed by atoms with Crippen LogP contribution in [-0.4, -0.2) is 20.9 Å². The molecule has 0 aromatic heterocycles. The standard InChI is InChI=1S/C23H22F2N2O3S/c1-16-7-13-20(14-8-16)31(29,30)27(22-6-4-3-5-21(22)25)15-23(28)26-17(2)18-9-11-19(24)12-10-18/h3-14,17H,15H2,1-2H3,(H,26,28)/t17-/m0/s1. The lowest BCUT2D eigenvalue weighted by Gasteiger charge is -2.25. The van der Waals surface area contributed by atoms with E-state index in [9.17, 15) is 22.0 Å². The molecule has 0 spiro atoms. The number of carbonyl (C=O) groups excluding carboxylic acids is 1. The lowest BCUT2D eigenvalue weighted by Crippen LogP contribution is -2.42. The van der Waals surface area contributed by atoms with Crippen molar-refractivity contribution < 1.29 is 22.0 Å². The van der Waals surface area contributed by atoms with Crippen LogP contribution in [0.3, 0.4) is 0 Å². The summed E-state index contributed by atoms with van der Waals surface area (Å²) in [5.74, 6) is -1.80. The van der Waals surface area contributed by atoms with Crippen molar-refractivity contribution in [2.24, 2.45) is 0 Å². The Morgan fingerprint density at radius 2 is 1.58 bits per heavy atom. The van der Waals surface area contributed by atoms with Gasteiger partial charge in [-0.25, -0.2) is 17.2 Å². The van der Waals surface area contributed by atoms with Crippen molar-refractivity contribution in [2.45, 2.75) is 24.8 Å². The molecule has 0 aliphatic rings. The fourth-order valence-corrected chi connectivity index (χ4v) is 4.47. The second kappa shape index (κ2) is 9.26. The maximum atomic E-state index is 14.5. The molecule has 3 rings (SSSR count). The summed E-state index contributed by atoms with van der Waals surface area (Å²) in [6, 6.07) is 16.5. The van der Waals surface area contributed by atoms with Gasteiger partial charge in [-0.2, -0.15) is 0 Å². The second-order valence-electron chi connectivity index (χ2n) is 7.12. The third-order valence-electron chi connectivity index (χ3n) is 4.76. The molecule has 3 aromatic carbocycles. The number of carbonyl (C=O) groups is 1. The monoisotopic (exact) mass is 444 g/mol. The summed E-state index contributed by atoms with van der Waals surface area (Å²) < 4.78 is 54.9. The Kier molecular flexibility index (Phi) is 6.70. The SMILES string of the molecule is Cc1ccc(S(=O)(=O)N(CC(=O)N[C@@H](C)c2ccc(F)cc2)c2ccccc2F)cc1. The summed E-state index contributed by atoms with van der Waals surface area (Å²) in [6.45, 7) is 2.88. The van der Waals surface area contributed by atoms with Crippen LogP contribution in [0.5, 0.6) is 0 Å². The van der Waals surface area contributed by atoms with Crippen molar-refractivity contribution in [3.05, 3.63) is 95.6 Å². The van der Waals surface area contributed by atoms with Crippen LogP contribution in [0.4, 0.5) is 14.5 Å². The van der Waals surface area contributed by atoms with Crippen LogP contribution in [0, 0.1) is 18.6 Å². The Morgan fingerprint density at radius 3 is 2.19 bits per heavy atom. The van der Waals surface area contributed by atoms with Gasteiger partial charge in [-0.1, -0.05) is 42.0 Å². The molecular formula is C23H22F2N2O3S. The predicted octanol–water partition coefficient (Wildman–Crippen LogP) is 4.35. The average molecular weight is 445 g/mol. The molecule has 0 aliphatic carbocycles. The molecule has 0 fully saturated rings. The normalized spacial score (nSPS) is 12.3. The molecule has 5 nitrogen and oxygen atoms in total. The van der Waals surface area contributed by atoms with E-state index in [1.165, 1.54) is 54.6 Å². The molecular weight excluding hydrogens is 422 g/mol. The van der Waals surface area contributed by atoms with E-state index in [1.807, 2.05) is 6.92 Å². The zero-order valence-electron chi connectivity index (χ0n) is 17.0. The van der Waals surface area contributed by atoms with Gasteiger partial charge in [0.2, 0.25) is 5.91 Å². The van der Waals surface area contributed by atoms with E-state index in [4.69, 9.17) is 0 Å². The molecule has 0 heterocycles. The number of amides is 1. The summed E-state index contributed by atoms with van der Waals surface area (Å²) in [5, 5.41) is 2.68. The van der Waals surface area contributed by atoms with E-state index in [-0.39, 0.29) is 10.6 Å². The largest absolute Gasteiger partial charge is 0.348 e. The third-order valence-corrected chi connectivity index (χ3v) is 6.54. The van der Waals surface area contributed by atoms with E-state index < -0.39 is 40.2 Å². The van der Waals surface area contributed by atoms with Crippen molar-refractivity contribution in [3.63, 3.8) is 0 Å². The first-order valence-corrected chi connectivity index (χ1v) is 11.0. The number of benzene rings is 3. The number of rotatable bonds is 7. The topological polar surface area (TPSA) is 66.5 Å². The van der Waals surface area contributed by atoms with Gasteiger partial charge in [0.15, 0.2) is 0 Å². The first kappa shape index (κ1) is 22.4. The Morgan fingerprint density at radius 1 is 0.968 bits per heavy atom. The fraction of sp³-hybridized carbons (Fsp3) is 0.174. The highest BCUT2D eigenvalue weighted by Crippen LogP contribution is 2.26. The van der Waals surface area contributed by atoms with Crippen LogP contribution in [0.1, 0.15) is 24.1 Å². The Hall–Kier alpha value is -3.26. The minimum atomic E-state index is -4.21. The van der Waals surface area contributed by atoms with E-state index in [0.29, 0.717) is 5.56 Å². The summed E-state index contributed by atoms with van der Waals surface area (Å²) >= 11 is 0. The molecule has 8 heteroatoms. The Balaban J connectivity index is 1.90. The number of sulfonamides is 1. The summed E-state index contributed by atoms with van der Waals surface area (Å²) in [5.41, 5.74) is 1.28. The van der Waals surface area contributed by atoms with Crippen molar-refractivity contribution in [1.82, 2.24) is 5.32 Å². The van der Waals surface area contributed by atoms with Gasteiger partial charge in [-0.05, 0) is 55.8 Å². The van der Waals surface area contributed by atoms with Crippen LogP contribution in [0.15, 0.2) is 77.7 Å². The molecule has 162 valence electrons. The van der Waals surface area contributed by atoms with Gasteiger partial charge in [0.25, 0.3) is 10.0 Å². The minimum Gasteiger partial charge on any atom is -0.348 e. The highest BCUT2D eigenvalue weighted by molar-refractivity contribution is 7.92. The van der Waals surface area contributed by atoms with E-state index in [0.717, 1.165) is 15.9 Å². The maximum absolute atomic E-state index is 14.5. The van der Waals surface area contributed by atoms with Crippen LogP contribution >= 0.6 is 0 Å². The molecule has 0 radical (unpaired) electrons. The third kappa shape index (κ3) is 5.27. The summed E-state index contributed by atoms with van der Waals surface area (Å²) in [7, 11) is -4.21. The summed E-state index contributed by atoms with van der Waals surface area (Å²) in [4.78, 5) is 12.7. The molecule has 1 N–H and O–H groups in total. The highest BCUT2D eigenvalue weighted by Gasteiger charge is 2.29. The number of hydrogen-bond donors (Lipinski definition) is 1. The van der Waals surface area contributed by atoms with Gasteiger partial charge in [0, 0.05) is 0 Å². The Bertz CT molecular complexity index is 1160. The van der Waals surface area contributed by atoms with Crippen molar-refractivity contribution in [2.75, 3.05) is 10.8 Å². The van der Waals surface area contributed by atoms with Gasteiger partial charge < -0.3 is 5.32 Å². The fourth-order valence-electron chi connectivity index (χ4n) is 3.04. The number of aryl methyl sites for hydroxylation is 1. The number of nitrogens with one attached hydrogen (secondary N) is 1. The van der Waals surface area contributed by atoms with E-state index in [2.05, 4.69) is 5.32 Å². The average Bonchev–Trinajstić information content (AvgIpc) is 2.73. The number of para-hydroxylation sites is 1. The number of anilines is 1. The Labute approximate surface area is 180 Å². The molecule has 3 aromatic rings. The van der Waals surface area contributed by atoms with Crippen LogP contribution < -0.4 is 9.62 Å². The quantitative estimate of drug-likeness (QED) is 0.589. The molecule has 0 saturated carbocycles. The lowest BCUT2D eigenvalue weighted by atomic mass is 10.1. The smallest absolute Gasteiger partial charge is 0.264 e. The van der Waals surface area contributed by atoms with Crippen molar-refractivity contribution in [1.29, 1.82) is 0 Å². The molecule has 0 aliphatic heterocycles. The van der Waals surface area contributed by atoms with Gasteiger partial charge in [-0.15, -0.1) is 0 Å². The number of hydrogen-bond acceptors (Lipinski definition) is 3. The van der Waals surface area contributed by atoms with E-state index >= 15 is 0 Å². The number of nitrogens with zero attached hydrogens (tertiary/aromatic N) is 1. The van der Waals surface area contributed by atoms with Crippen LogP contribution in [-0.2, 0) is 14.8 Å². The predicted molar refractivity (Wildman–Crippen MR) is 115 cm³/mol. The molecule has 1 atom stereocenters. The van der Waals surface area contributed by atoms with Crippen LogP contribution in [0.25, 0.3) is 0 Å². The molecule has 31 heavy (non-hydrogen) atoms. The van der Waals surface area contributed by atoms with Gasteiger partial charge >= 0.3 is 0 Å². The zero-order chi connectivity index (χ0) is 22.6. The highest BCUT2D eigenvalue weighted by atomic mass is 32.2. The van der Waals surface area contributed by atoms with E-state index in [1.54, 1.807) is 19.1 Å². The zero-order valence-corrected chi connectivity index (χ0v) is 17.9. The van der Waals surface area contributed by atoms with Crippen molar-refractivity contribution >= 4 is 21.6 Å². The van der Waals surface area contributed by atoms with Gasteiger partial charge in [-0.3, -0.25) is 9.10 Å².